The highest BCUT2D eigenvalue weighted by Gasteiger charge is 2.19. The van der Waals surface area contributed by atoms with Crippen LogP contribution in [-0.4, -0.2) is 11.0 Å². The Hall–Kier alpha value is -1.56. The van der Waals surface area contributed by atoms with E-state index in [2.05, 4.69) is 17.2 Å². The molecule has 90 valence electrons. The van der Waals surface area contributed by atoms with Gasteiger partial charge in [-0.1, -0.05) is 13.3 Å². The molecule has 1 aromatic rings. The molecular formula is C14H19N3. The fourth-order valence-corrected chi connectivity index (χ4v) is 2.50. The minimum Gasteiger partial charge on any atom is -0.381 e. The predicted octanol–water partition coefficient (Wildman–Crippen LogP) is 3.33. The van der Waals surface area contributed by atoms with Gasteiger partial charge in [-0.25, -0.2) is 4.98 Å². The Labute approximate surface area is 103 Å². The molecule has 0 atom stereocenters. The molecular weight excluding hydrogens is 210 g/mol. The smallest absolute Gasteiger partial charge is 0.140 e. The lowest BCUT2D eigenvalue weighted by atomic mass is 9.84. The van der Waals surface area contributed by atoms with E-state index in [1.807, 2.05) is 12.1 Å². The van der Waals surface area contributed by atoms with Gasteiger partial charge < -0.3 is 5.32 Å². The van der Waals surface area contributed by atoms with Crippen molar-refractivity contribution in [2.75, 3.05) is 5.32 Å². The Morgan fingerprint density at radius 1 is 1.35 bits per heavy atom. The molecule has 1 heterocycles. The van der Waals surface area contributed by atoms with Gasteiger partial charge in [-0.05, 0) is 43.7 Å². The van der Waals surface area contributed by atoms with Gasteiger partial charge in [0.15, 0.2) is 0 Å². The zero-order chi connectivity index (χ0) is 12.1. The Morgan fingerprint density at radius 2 is 2.12 bits per heavy atom. The van der Waals surface area contributed by atoms with Crippen LogP contribution in [0, 0.1) is 17.2 Å². The first-order valence-corrected chi connectivity index (χ1v) is 6.44. The number of hydrogen-bond donors (Lipinski definition) is 1. The average molecular weight is 229 g/mol. The molecule has 0 saturated heterocycles. The van der Waals surface area contributed by atoms with Crippen molar-refractivity contribution < 1.29 is 0 Å². The van der Waals surface area contributed by atoms with E-state index in [9.17, 15) is 0 Å². The van der Waals surface area contributed by atoms with Crippen LogP contribution in [0.2, 0.25) is 0 Å². The first kappa shape index (κ1) is 11.9. The third-order valence-electron chi connectivity index (χ3n) is 3.67. The lowest BCUT2D eigenvalue weighted by Crippen LogP contribution is -2.25. The number of nitrogens with zero attached hydrogens (tertiary/aromatic N) is 2. The number of pyridine rings is 1. The van der Waals surface area contributed by atoms with Crippen molar-refractivity contribution in [3.63, 3.8) is 0 Å². The van der Waals surface area contributed by atoms with E-state index in [1.54, 1.807) is 12.3 Å². The molecule has 0 bridgehead atoms. The number of anilines is 1. The molecule has 0 aromatic carbocycles. The van der Waals surface area contributed by atoms with Crippen molar-refractivity contribution in [3.05, 3.63) is 24.0 Å². The van der Waals surface area contributed by atoms with Gasteiger partial charge in [0.25, 0.3) is 0 Å². The van der Waals surface area contributed by atoms with Gasteiger partial charge in [0, 0.05) is 6.04 Å². The summed E-state index contributed by atoms with van der Waals surface area (Å²) in [4.78, 5) is 4.07. The summed E-state index contributed by atoms with van der Waals surface area (Å²) in [6, 6.07) is 6.31. The normalized spacial score (nSPS) is 24.0. The van der Waals surface area contributed by atoms with Crippen LogP contribution in [0.3, 0.4) is 0 Å². The molecule has 0 aliphatic heterocycles. The van der Waals surface area contributed by atoms with Crippen LogP contribution >= 0.6 is 0 Å². The van der Waals surface area contributed by atoms with E-state index in [4.69, 9.17) is 5.26 Å². The molecule has 1 N–H and O–H groups in total. The fourth-order valence-electron chi connectivity index (χ4n) is 2.50. The van der Waals surface area contributed by atoms with Gasteiger partial charge >= 0.3 is 0 Å². The van der Waals surface area contributed by atoms with Gasteiger partial charge in [-0.15, -0.1) is 0 Å². The second-order valence-corrected chi connectivity index (χ2v) is 4.81. The summed E-state index contributed by atoms with van der Waals surface area (Å²) in [5.74, 6) is 0.923. The molecule has 0 spiro atoms. The Bertz CT molecular complexity index is 383. The van der Waals surface area contributed by atoms with Gasteiger partial charge in [-0.2, -0.15) is 5.26 Å². The van der Waals surface area contributed by atoms with Crippen molar-refractivity contribution in [1.29, 1.82) is 5.26 Å². The molecule has 1 fully saturated rings. The molecule has 1 aliphatic carbocycles. The van der Waals surface area contributed by atoms with Crippen LogP contribution in [0.15, 0.2) is 18.3 Å². The molecule has 3 heteroatoms. The summed E-state index contributed by atoms with van der Waals surface area (Å²) in [5, 5.41) is 12.2. The maximum atomic E-state index is 8.67. The number of aromatic nitrogens is 1. The number of nitriles is 1. The molecule has 1 aliphatic rings. The van der Waals surface area contributed by atoms with E-state index in [0.717, 1.165) is 11.6 Å². The quantitative estimate of drug-likeness (QED) is 0.864. The summed E-state index contributed by atoms with van der Waals surface area (Å²) in [7, 11) is 0. The highest BCUT2D eigenvalue weighted by molar-refractivity contribution is 5.43. The molecule has 1 saturated carbocycles. The summed E-state index contributed by atoms with van der Waals surface area (Å²) < 4.78 is 0. The van der Waals surface area contributed by atoms with E-state index in [1.165, 1.54) is 32.1 Å². The Balaban J connectivity index is 1.87. The van der Waals surface area contributed by atoms with Crippen LogP contribution in [0.5, 0.6) is 0 Å². The first-order chi connectivity index (χ1) is 8.31. The minimum atomic E-state index is 0.477. The van der Waals surface area contributed by atoms with Crippen LogP contribution in [-0.2, 0) is 0 Å². The SMILES string of the molecule is CCC1CCC(Nc2ccc(C#N)nc2)CC1. The Kier molecular flexibility index (Phi) is 3.98. The van der Waals surface area contributed by atoms with Crippen LogP contribution in [0.25, 0.3) is 0 Å². The van der Waals surface area contributed by atoms with Crippen LogP contribution in [0.4, 0.5) is 5.69 Å². The molecule has 0 unspecified atom stereocenters. The highest BCUT2D eigenvalue weighted by Crippen LogP contribution is 2.28. The number of rotatable bonds is 3. The summed E-state index contributed by atoms with van der Waals surface area (Å²) in [6.45, 7) is 2.28. The van der Waals surface area contributed by atoms with Gasteiger partial charge in [0.05, 0.1) is 11.9 Å². The molecule has 0 radical (unpaired) electrons. The van der Waals surface area contributed by atoms with Gasteiger partial charge in [0.2, 0.25) is 0 Å². The third-order valence-corrected chi connectivity index (χ3v) is 3.67. The molecule has 3 nitrogen and oxygen atoms in total. The fraction of sp³-hybridized carbons (Fsp3) is 0.571. The topological polar surface area (TPSA) is 48.7 Å². The maximum absolute atomic E-state index is 8.67. The van der Waals surface area contributed by atoms with Crippen molar-refractivity contribution in [2.45, 2.75) is 45.1 Å². The van der Waals surface area contributed by atoms with Crippen molar-refractivity contribution in [1.82, 2.24) is 4.98 Å². The lowest BCUT2D eigenvalue weighted by molar-refractivity contribution is 0.330. The second-order valence-electron chi connectivity index (χ2n) is 4.81. The third kappa shape index (κ3) is 3.20. The van der Waals surface area contributed by atoms with E-state index in [-0.39, 0.29) is 0 Å². The van der Waals surface area contributed by atoms with Crippen LogP contribution < -0.4 is 5.32 Å². The van der Waals surface area contributed by atoms with Crippen LogP contribution in [0.1, 0.15) is 44.7 Å². The van der Waals surface area contributed by atoms with Crippen molar-refractivity contribution in [2.24, 2.45) is 5.92 Å². The number of nitrogens with one attached hydrogen (secondary N) is 1. The standard InChI is InChI=1S/C14H19N3/c1-2-11-3-5-12(6-4-11)17-14-8-7-13(9-15)16-10-14/h7-8,10-12,17H,2-6H2,1H3. The maximum Gasteiger partial charge on any atom is 0.140 e. The number of hydrogen-bond acceptors (Lipinski definition) is 3. The van der Waals surface area contributed by atoms with E-state index < -0.39 is 0 Å². The molecule has 1 aromatic heterocycles. The average Bonchev–Trinajstić information content (AvgIpc) is 2.40. The second kappa shape index (κ2) is 5.67. The highest BCUT2D eigenvalue weighted by atomic mass is 14.9. The monoisotopic (exact) mass is 229 g/mol. The summed E-state index contributed by atoms with van der Waals surface area (Å²) in [5.41, 5.74) is 1.51. The lowest BCUT2D eigenvalue weighted by Gasteiger charge is -2.29. The van der Waals surface area contributed by atoms with Crippen molar-refractivity contribution >= 4 is 5.69 Å². The van der Waals surface area contributed by atoms with E-state index in [0.29, 0.717) is 11.7 Å². The van der Waals surface area contributed by atoms with Gasteiger partial charge in [0.1, 0.15) is 11.8 Å². The zero-order valence-corrected chi connectivity index (χ0v) is 10.3. The van der Waals surface area contributed by atoms with Crippen molar-refractivity contribution in [3.8, 4) is 6.07 Å². The largest absolute Gasteiger partial charge is 0.381 e. The summed E-state index contributed by atoms with van der Waals surface area (Å²) in [6.07, 6.45) is 8.22. The molecule has 2 rings (SSSR count). The van der Waals surface area contributed by atoms with E-state index >= 15 is 0 Å². The Morgan fingerprint density at radius 3 is 2.65 bits per heavy atom. The molecule has 0 amide bonds. The first-order valence-electron chi connectivity index (χ1n) is 6.44. The summed E-state index contributed by atoms with van der Waals surface area (Å²) >= 11 is 0. The van der Waals surface area contributed by atoms with Gasteiger partial charge in [-0.3, -0.25) is 0 Å². The predicted molar refractivity (Wildman–Crippen MR) is 68.6 cm³/mol. The molecule has 17 heavy (non-hydrogen) atoms. The zero-order valence-electron chi connectivity index (χ0n) is 10.3. The minimum absolute atomic E-state index is 0.477.